The molecular formula is C96H99N9O15S3. The van der Waals surface area contributed by atoms with Gasteiger partial charge in [0.2, 0.25) is 0 Å². The van der Waals surface area contributed by atoms with Crippen molar-refractivity contribution >= 4 is 117 Å². The van der Waals surface area contributed by atoms with Gasteiger partial charge in [-0.3, -0.25) is 33.0 Å². The number of pyridine rings is 3. The highest BCUT2D eigenvalue weighted by atomic mass is 32.2. The Kier molecular flexibility index (Phi) is 32.1. The molecule has 9 aromatic carbocycles. The van der Waals surface area contributed by atoms with Crippen molar-refractivity contribution in [1.82, 2.24) is 30.9 Å². The molecule has 3 saturated heterocycles. The van der Waals surface area contributed by atoms with Crippen molar-refractivity contribution in [3.05, 3.63) is 304 Å². The lowest BCUT2D eigenvalue weighted by Gasteiger charge is -2.22. The number of hydrogen-bond acceptors (Lipinski definition) is 19. The molecule has 636 valence electrons. The molecule has 0 radical (unpaired) electrons. The summed E-state index contributed by atoms with van der Waals surface area (Å²) in [7, 11) is -0.459. The van der Waals surface area contributed by atoms with Crippen molar-refractivity contribution in [2.45, 2.75) is 90.7 Å². The number of methoxy groups -OCH3 is 3. The van der Waals surface area contributed by atoms with E-state index in [4.69, 9.17) is 33.4 Å². The third-order valence-electron chi connectivity index (χ3n) is 21.5. The van der Waals surface area contributed by atoms with Crippen LogP contribution in [-0.2, 0) is 86.1 Å². The summed E-state index contributed by atoms with van der Waals surface area (Å²) < 4.78 is 72.0. The van der Waals surface area contributed by atoms with Crippen LogP contribution in [-0.4, -0.2) is 144 Å². The fourth-order valence-corrected chi connectivity index (χ4v) is 18.0. The number of hydrogen-bond donors (Lipinski definition) is 6. The van der Waals surface area contributed by atoms with Gasteiger partial charge >= 0.3 is 0 Å². The van der Waals surface area contributed by atoms with E-state index in [1.165, 1.54) is 17.7 Å². The topological polar surface area (TPSA) is 320 Å². The number of benzene rings is 9. The molecule has 27 heteroatoms. The van der Waals surface area contributed by atoms with E-state index in [1.54, 1.807) is 99.8 Å². The molecule has 1 atom stereocenters. The standard InChI is InChI=1S/C32H33N3O6S.C32H33N3O5S.C32H33N3O4S/c1-40-20-24-11-12-27(26-10-6-5-9-25(24)26)31(36)34-28-13-14-29(42(38,39)21-23-7-3-2-4-8-23)35-30(28)32(37)33-19-22-15-17-41-18-16-22;1-39-20-24-11-12-27(26-10-6-5-9-25(24)26)31(36)34-28-13-14-29(41(38)21-23-7-3-2-4-8-23)35-30(28)32(37)33-19-22-15-17-40-18-16-22;1-38-20-24-11-12-27(26-10-6-5-9-25(24)26)31(36)34-28-13-14-29(40-21-23-7-3-2-4-8-23)35-30(28)32(37)33-19-22-15-17-39-18-16-22/h2-14,22H,15-21H2,1H3,(H,33,37)(H,34,36);2-14,22H,15-21H2,1H3,(H,33,37)(H,34,36);2-14,22H,15-21H2,1H3,(H,33,37)(H,34,36). The molecule has 6 heterocycles. The average molecular weight is 1720 g/mol. The minimum absolute atomic E-state index is 0.0321. The Morgan fingerprint density at radius 2 is 0.724 bits per heavy atom. The van der Waals surface area contributed by atoms with Gasteiger partial charge in [0.25, 0.3) is 35.4 Å². The normalized spacial score (nSPS) is 14.1. The predicted molar refractivity (Wildman–Crippen MR) is 478 cm³/mol. The quantitative estimate of drug-likeness (QED) is 0.0228. The van der Waals surface area contributed by atoms with E-state index in [0.29, 0.717) is 124 Å². The second-order valence-electron chi connectivity index (χ2n) is 30.0. The lowest BCUT2D eigenvalue weighted by molar-refractivity contribution is 0.0642. The first-order valence-corrected chi connectivity index (χ1v) is 44.9. The first-order chi connectivity index (χ1) is 60.0. The number of thioether (sulfide) groups is 1. The van der Waals surface area contributed by atoms with Gasteiger partial charge in [-0.05, 0) is 177 Å². The van der Waals surface area contributed by atoms with Crippen molar-refractivity contribution in [1.29, 1.82) is 0 Å². The van der Waals surface area contributed by atoms with Crippen LogP contribution in [0.15, 0.2) is 252 Å². The summed E-state index contributed by atoms with van der Waals surface area (Å²) in [5.41, 5.74) is 7.80. The first-order valence-electron chi connectivity index (χ1n) is 40.9. The van der Waals surface area contributed by atoms with Gasteiger partial charge in [-0.1, -0.05) is 182 Å². The van der Waals surface area contributed by atoms with Gasteiger partial charge in [-0.2, -0.15) is 0 Å². The number of nitrogens with zero attached hydrogens (tertiary/aromatic N) is 3. The summed E-state index contributed by atoms with van der Waals surface area (Å²) in [5.74, 6) is -0.780. The summed E-state index contributed by atoms with van der Waals surface area (Å²) in [4.78, 5) is 94.4. The van der Waals surface area contributed by atoms with Crippen LogP contribution in [0.1, 0.15) is 134 Å². The minimum atomic E-state index is -3.87. The van der Waals surface area contributed by atoms with Gasteiger partial charge in [0, 0.05) is 103 Å². The Morgan fingerprint density at radius 3 is 1.12 bits per heavy atom. The number of carbonyl (C=O) groups is 6. The van der Waals surface area contributed by atoms with Crippen LogP contribution in [0.2, 0.25) is 0 Å². The number of aromatic nitrogens is 3. The van der Waals surface area contributed by atoms with Crippen molar-refractivity contribution in [2.75, 3.05) is 96.6 Å². The highest BCUT2D eigenvalue weighted by Crippen LogP contribution is 2.33. The van der Waals surface area contributed by atoms with Gasteiger partial charge < -0.3 is 60.3 Å². The van der Waals surface area contributed by atoms with Crippen LogP contribution in [0.5, 0.6) is 0 Å². The van der Waals surface area contributed by atoms with E-state index in [9.17, 15) is 41.4 Å². The second kappa shape index (κ2) is 44.3. The van der Waals surface area contributed by atoms with E-state index >= 15 is 0 Å². The highest BCUT2D eigenvalue weighted by Gasteiger charge is 2.29. The smallest absolute Gasteiger partial charge is 0.272 e. The number of carbonyl (C=O) groups excluding carboxylic acids is 6. The molecule has 0 saturated carbocycles. The van der Waals surface area contributed by atoms with Crippen molar-refractivity contribution < 1.29 is 69.8 Å². The van der Waals surface area contributed by atoms with Crippen LogP contribution in [0.25, 0.3) is 32.3 Å². The molecule has 0 spiro atoms. The number of nitrogens with one attached hydrogen (secondary N) is 6. The molecule has 0 aliphatic carbocycles. The van der Waals surface area contributed by atoms with E-state index in [-0.39, 0.29) is 73.7 Å². The maximum Gasteiger partial charge on any atom is 0.272 e. The zero-order valence-electron chi connectivity index (χ0n) is 68.8. The maximum atomic E-state index is 13.6. The molecule has 15 rings (SSSR count). The fraction of sp³-hybridized carbons (Fsp3) is 0.281. The Labute approximate surface area is 722 Å². The second-order valence-corrected chi connectivity index (χ2v) is 34.4. The Hall–Kier alpha value is -11.8. The molecule has 6 N–H and O–H groups in total. The maximum absolute atomic E-state index is 13.6. The summed E-state index contributed by atoms with van der Waals surface area (Å²) in [6.45, 7) is 6.70. The number of ether oxygens (including phenoxy) is 6. The number of rotatable bonds is 30. The third kappa shape index (κ3) is 24.2. The van der Waals surface area contributed by atoms with Gasteiger partial charge in [-0.15, -0.1) is 11.8 Å². The fourth-order valence-electron chi connectivity index (χ4n) is 14.8. The summed E-state index contributed by atoms with van der Waals surface area (Å²) >= 11 is 1.55. The highest BCUT2D eigenvalue weighted by molar-refractivity contribution is 7.98. The molecule has 6 amide bonds. The van der Waals surface area contributed by atoms with Crippen LogP contribution in [0.4, 0.5) is 17.1 Å². The molecule has 3 aliphatic heterocycles. The Bertz CT molecular complexity index is 5840. The average Bonchev–Trinajstić information content (AvgIpc) is 0.791. The molecule has 0 bridgehead atoms. The summed E-state index contributed by atoms with van der Waals surface area (Å²) in [6.07, 6.45) is 5.19. The molecule has 3 aliphatic rings. The number of amides is 6. The Balaban J connectivity index is 0.000000159. The van der Waals surface area contributed by atoms with Gasteiger partial charge in [0.15, 0.2) is 31.9 Å². The van der Waals surface area contributed by atoms with Crippen molar-refractivity contribution in [3.63, 3.8) is 0 Å². The lowest BCUT2D eigenvalue weighted by atomic mass is 9.99. The summed E-state index contributed by atoms with van der Waals surface area (Å²) in [5, 5.41) is 23.4. The monoisotopic (exact) mass is 1710 g/mol. The van der Waals surface area contributed by atoms with E-state index in [2.05, 4.69) is 54.0 Å². The van der Waals surface area contributed by atoms with E-state index < -0.39 is 38.4 Å². The summed E-state index contributed by atoms with van der Waals surface area (Å²) in [6, 6.07) is 71.7. The molecule has 1 unspecified atom stereocenters. The zero-order valence-corrected chi connectivity index (χ0v) is 71.2. The van der Waals surface area contributed by atoms with E-state index in [1.807, 2.05) is 146 Å². The minimum Gasteiger partial charge on any atom is -0.381 e. The molecular weight excluding hydrogens is 1620 g/mol. The number of fused-ring (bicyclic) bond motifs is 3. The van der Waals surface area contributed by atoms with Gasteiger partial charge in [0.1, 0.15) is 5.03 Å². The van der Waals surface area contributed by atoms with Crippen LogP contribution >= 0.6 is 11.8 Å². The Morgan fingerprint density at radius 1 is 0.382 bits per heavy atom. The molecule has 3 fully saturated rings. The molecule has 12 aromatic rings. The molecule has 123 heavy (non-hydrogen) atoms. The SMILES string of the molecule is COCc1ccc(C(=O)Nc2ccc(S(=O)(=O)Cc3ccccc3)nc2C(=O)NCC2CCOCC2)c2ccccc12.COCc1ccc(C(=O)Nc2ccc(S(=O)Cc3ccccc3)nc2C(=O)NCC2CCOCC2)c2ccccc12.COCc1ccc(C(=O)Nc2ccc(SCc3ccccc3)nc2C(=O)NCC2CCOCC2)c2ccccc12. The molecule has 24 nitrogen and oxygen atoms in total. The van der Waals surface area contributed by atoms with Gasteiger partial charge in [-0.25, -0.2) is 23.4 Å². The first kappa shape index (κ1) is 89.0. The largest absolute Gasteiger partial charge is 0.381 e. The van der Waals surface area contributed by atoms with Crippen LogP contribution < -0.4 is 31.9 Å². The van der Waals surface area contributed by atoms with Crippen LogP contribution in [0, 0.1) is 17.8 Å². The zero-order chi connectivity index (χ0) is 85.9. The van der Waals surface area contributed by atoms with Gasteiger partial charge in [0.05, 0.1) is 64.2 Å². The van der Waals surface area contributed by atoms with Crippen molar-refractivity contribution in [3.8, 4) is 0 Å². The third-order valence-corrected chi connectivity index (χ3v) is 25.3. The lowest BCUT2D eigenvalue weighted by Crippen LogP contribution is -2.33. The van der Waals surface area contributed by atoms with E-state index in [0.717, 1.165) is 98.8 Å². The number of sulfone groups is 1. The number of anilines is 3. The predicted octanol–water partition coefficient (Wildman–Crippen LogP) is 15.9. The van der Waals surface area contributed by atoms with Crippen LogP contribution in [0.3, 0.4) is 0 Å². The molecule has 3 aromatic heterocycles. The van der Waals surface area contributed by atoms with Crippen molar-refractivity contribution in [2.24, 2.45) is 17.8 Å².